The molecule has 0 aliphatic carbocycles. The molecule has 0 bridgehead atoms. The second-order valence-corrected chi connectivity index (χ2v) is 7.24. The van der Waals surface area contributed by atoms with E-state index in [-0.39, 0.29) is 31.7 Å². The smallest absolute Gasteiger partial charge is 0.390 e. The molecule has 1 atom stereocenters. The van der Waals surface area contributed by atoms with Crippen LogP contribution < -0.4 is 0 Å². The van der Waals surface area contributed by atoms with Crippen LogP contribution in [-0.4, -0.2) is 42.9 Å². The first-order valence-corrected chi connectivity index (χ1v) is 9.49. The Balaban J connectivity index is 1.66. The Hall–Kier alpha value is -2.87. The van der Waals surface area contributed by atoms with Crippen LogP contribution in [0.3, 0.4) is 0 Å². The number of carbonyl (C=O) groups excluding carboxylic acids is 1. The number of ether oxygens (including phenoxy) is 1. The molecule has 0 spiro atoms. The normalized spacial score (nSPS) is 16.2. The molecule has 0 saturated carbocycles. The maximum Gasteiger partial charge on any atom is 0.416 e. The fourth-order valence-electron chi connectivity index (χ4n) is 3.18. The number of alkyl halides is 3. The number of oxime groups is 1. The van der Waals surface area contributed by atoms with Crippen molar-refractivity contribution in [2.45, 2.75) is 32.2 Å². The number of rotatable bonds is 7. The number of benzene rings is 2. The summed E-state index contributed by atoms with van der Waals surface area (Å²) < 4.78 is 43.3. The first kappa shape index (κ1) is 21.8. The van der Waals surface area contributed by atoms with Gasteiger partial charge in [-0.15, -0.1) is 0 Å². The fourth-order valence-corrected chi connectivity index (χ4v) is 3.18. The van der Waals surface area contributed by atoms with Gasteiger partial charge in [-0.2, -0.15) is 13.2 Å². The third-order valence-electron chi connectivity index (χ3n) is 4.82. The summed E-state index contributed by atoms with van der Waals surface area (Å²) in [5, 5.41) is 4.14. The van der Waals surface area contributed by atoms with E-state index in [9.17, 15) is 18.0 Å². The van der Waals surface area contributed by atoms with Crippen LogP contribution in [0.25, 0.3) is 0 Å². The molecule has 0 radical (unpaired) electrons. The number of hydrogen-bond donors (Lipinski definition) is 0. The van der Waals surface area contributed by atoms with E-state index < -0.39 is 11.7 Å². The molecule has 0 fully saturated rings. The number of aryl methyl sites for hydroxylation is 1. The van der Waals surface area contributed by atoms with Gasteiger partial charge in [0.25, 0.3) is 0 Å². The molecule has 0 saturated heterocycles. The molecule has 1 amide bonds. The van der Waals surface area contributed by atoms with E-state index in [2.05, 4.69) is 5.16 Å². The monoisotopic (exact) mass is 420 g/mol. The molecule has 5 nitrogen and oxygen atoms in total. The minimum absolute atomic E-state index is 0.126. The van der Waals surface area contributed by atoms with Crippen molar-refractivity contribution in [3.8, 4) is 0 Å². The van der Waals surface area contributed by atoms with E-state index in [1.807, 2.05) is 31.2 Å². The number of methoxy groups -OCH3 is 1. The van der Waals surface area contributed by atoms with Crippen molar-refractivity contribution in [1.82, 2.24) is 4.90 Å². The maximum absolute atomic E-state index is 12.8. The van der Waals surface area contributed by atoms with E-state index in [1.165, 1.54) is 24.1 Å². The average molecular weight is 420 g/mol. The van der Waals surface area contributed by atoms with Gasteiger partial charge < -0.3 is 14.5 Å². The molecule has 1 heterocycles. The van der Waals surface area contributed by atoms with Crippen molar-refractivity contribution in [3.05, 3.63) is 70.8 Å². The highest BCUT2D eigenvalue weighted by atomic mass is 19.4. The second-order valence-electron chi connectivity index (χ2n) is 7.24. The lowest BCUT2D eigenvalue weighted by molar-refractivity contribution is -0.138. The highest BCUT2D eigenvalue weighted by molar-refractivity contribution is 6.01. The lowest BCUT2D eigenvalue weighted by atomic mass is 10.0. The minimum atomic E-state index is -4.40. The second kappa shape index (κ2) is 9.30. The van der Waals surface area contributed by atoms with Gasteiger partial charge in [-0.05, 0) is 30.2 Å². The van der Waals surface area contributed by atoms with Crippen LogP contribution in [0.2, 0.25) is 0 Å². The largest absolute Gasteiger partial charge is 0.416 e. The Morgan fingerprint density at radius 3 is 2.43 bits per heavy atom. The van der Waals surface area contributed by atoms with Crippen LogP contribution >= 0.6 is 0 Å². The van der Waals surface area contributed by atoms with Crippen LogP contribution in [0, 0.1) is 6.92 Å². The van der Waals surface area contributed by atoms with Gasteiger partial charge in [-0.1, -0.05) is 47.1 Å². The summed E-state index contributed by atoms with van der Waals surface area (Å²) in [6.07, 6.45) is -4.20. The Labute approximate surface area is 173 Å². The molecule has 0 N–H and O–H groups in total. The summed E-state index contributed by atoms with van der Waals surface area (Å²) in [5.74, 6) is -0.273. The van der Waals surface area contributed by atoms with Crippen molar-refractivity contribution >= 4 is 11.6 Å². The van der Waals surface area contributed by atoms with Crippen molar-refractivity contribution in [3.63, 3.8) is 0 Å². The van der Waals surface area contributed by atoms with E-state index in [1.54, 1.807) is 0 Å². The number of hydrogen-bond acceptors (Lipinski definition) is 4. The Morgan fingerprint density at radius 2 is 1.83 bits per heavy atom. The standard InChI is InChI=1S/C22H23F3N2O3/c1-15-3-7-17(8-4-15)20-11-19(30-26-20)13-27(21(28)14-29-2)12-16-5-9-18(10-6-16)22(23,24)25/h3-10,19H,11-14H2,1-2H3. The molecule has 8 heteroatoms. The fraction of sp³-hybridized carbons (Fsp3) is 0.364. The zero-order valence-electron chi connectivity index (χ0n) is 16.8. The summed E-state index contributed by atoms with van der Waals surface area (Å²) in [6.45, 7) is 2.28. The van der Waals surface area contributed by atoms with Crippen molar-refractivity contribution in [2.75, 3.05) is 20.3 Å². The van der Waals surface area contributed by atoms with Gasteiger partial charge >= 0.3 is 6.18 Å². The summed E-state index contributed by atoms with van der Waals surface area (Å²) in [4.78, 5) is 19.5. The van der Waals surface area contributed by atoms with Crippen molar-refractivity contribution in [2.24, 2.45) is 5.16 Å². The lowest BCUT2D eigenvalue weighted by Crippen LogP contribution is -2.39. The van der Waals surface area contributed by atoms with Crippen LogP contribution in [0.1, 0.15) is 28.7 Å². The Kier molecular flexibility index (Phi) is 6.77. The third-order valence-corrected chi connectivity index (χ3v) is 4.82. The third kappa shape index (κ3) is 5.60. The zero-order chi connectivity index (χ0) is 21.7. The first-order valence-electron chi connectivity index (χ1n) is 9.49. The van der Waals surface area contributed by atoms with E-state index in [0.29, 0.717) is 12.0 Å². The summed E-state index contributed by atoms with van der Waals surface area (Å²) >= 11 is 0. The van der Waals surface area contributed by atoms with Crippen LogP contribution in [0.15, 0.2) is 53.7 Å². The average Bonchev–Trinajstić information content (AvgIpc) is 3.16. The predicted molar refractivity (Wildman–Crippen MR) is 106 cm³/mol. The number of amides is 1. The van der Waals surface area contributed by atoms with E-state index in [0.717, 1.165) is 29.0 Å². The summed E-state index contributed by atoms with van der Waals surface area (Å²) in [5.41, 5.74) is 2.76. The zero-order valence-corrected chi connectivity index (χ0v) is 16.8. The van der Waals surface area contributed by atoms with Gasteiger partial charge in [0.2, 0.25) is 5.91 Å². The van der Waals surface area contributed by atoms with Crippen molar-refractivity contribution in [1.29, 1.82) is 0 Å². The topological polar surface area (TPSA) is 51.1 Å². The first-order chi connectivity index (χ1) is 14.3. The number of halogens is 3. The Bertz CT molecular complexity index is 893. The van der Waals surface area contributed by atoms with Crippen LogP contribution in [0.5, 0.6) is 0 Å². The van der Waals surface area contributed by atoms with Gasteiger partial charge in [0.15, 0.2) is 6.10 Å². The van der Waals surface area contributed by atoms with Gasteiger partial charge in [-0.25, -0.2) is 0 Å². The van der Waals surface area contributed by atoms with Gasteiger partial charge in [0.05, 0.1) is 17.8 Å². The minimum Gasteiger partial charge on any atom is -0.390 e. The number of carbonyl (C=O) groups is 1. The SMILES string of the molecule is COCC(=O)N(Cc1ccc(C(F)(F)F)cc1)CC1CC(c2ccc(C)cc2)=NO1. The molecule has 1 aliphatic rings. The molecule has 0 aromatic heterocycles. The molecular formula is C22H23F3N2O3. The van der Waals surface area contributed by atoms with Gasteiger partial charge in [-0.3, -0.25) is 4.79 Å². The summed E-state index contributed by atoms with van der Waals surface area (Å²) in [6, 6.07) is 12.7. The number of nitrogens with zero attached hydrogens (tertiary/aromatic N) is 2. The van der Waals surface area contributed by atoms with Crippen molar-refractivity contribution < 1.29 is 27.5 Å². The molecule has 3 rings (SSSR count). The van der Waals surface area contributed by atoms with E-state index >= 15 is 0 Å². The Morgan fingerprint density at radius 1 is 1.17 bits per heavy atom. The quantitative estimate of drug-likeness (QED) is 0.675. The van der Waals surface area contributed by atoms with Crippen LogP contribution in [-0.2, 0) is 27.1 Å². The van der Waals surface area contributed by atoms with Gasteiger partial charge in [0, 0.05) is 20.1 Å². The maximum atomic E-state index is 12.8. The molecule has 2 aromatic carbocycles. The molecule has 2 aromatic rings. The molecular weight excluding hydrogens is 397 g/mol. The summed E-state index contributed by atoms with van der Waals surface area (Å²) in [7, 11) is 1.42. The molecule has 30 heavy (non-hydrogen) atoms. The molecule has 1 unspecified atom stereocenters. The van der Waals surface area contributed by atoms with Crippen LogP contribution in [0.4, 0.5) is 13.2 Å². The lowest BCUT2D eigenvalue weighted by Gasteiger charge is -2.25. The highest BCUT2D eigenvalue weighted by Gasteiger charge is 2.30. The predicted octanol–water partition coefficient (Wildman–Crippen LogP) is 4.18. The molecule has 1 aliphatic heterocycles. The van der Waals surface area contributed by atoms with E-state index in [4.69, 9.17) is 9.57 Å². The highest BCUT2D eigenvalue weighted by Crippen LogP contribution is 2.29. The molecule has 160 valence electrons. The van der Waals surface area contributed by atoms with Gasteiger partial charge in [0.1, 0.15) is 6.61 Å².